The van der Waals surface area contributed by atoms with Gasteiger partial charge in [-0.2, -0.15) is 0 Å². The van der Waals surface area contributed by atoms with Crippen LogP contribution in [-0.4, -0.2) is 57.0 Å². The third kappa shape index (κ3) is 3.50. The number of aromatic nitrogens is 2. The molecule has 21 heavy (non-hydrogen) atoms. The van der Waals surface area contributed by atoms with E-state index < -0.39 is 18.0 Å². The molecule has 1 aliphatic rings. The molecule has 9 heteroatoms. The summed E-state index contributed by atoms with van der Waals surface area (Å²) in [5.74, 6) is -1.26. The van der Waals surface area contributed by atoms with E-state index >= 15 is 0 Å². The third-order valence-corrected chi connectivity index (χ3v) is 3.22. The molecule has 1 aromatic heterocycles. The van der Waals surface area contributed by atoms with Crippen LogP contribution < -0.4 is 10.6 Å². The maximum absolute atomic E-state index is 12.1. The molecule has 3 amide bonds. The number of nitrogens with zero attached hydrogens (tertiary/aromatic N) is 2. The molecule has 1 atom stereocenters. The fraction of sp³-hybridized carbons (Fsp3) is 0.500. The molecule has 0 spiro atoms. The Hall–Kier alpha value is -2.58. The van der Waals surface area contributed by atoms with Crippen molar-refractivity contribution in [3.63, 3.8) is 0 Å². The summed E-state index contributed by atoms with van der Waals surface area (Å²) >= 11 is 0. The van der Waals surface area contributed by atoms with Crippen LogP contribution in [0.4, 0.5) is 4.79 Å². The highest BCUT2D eigenvalue weighted by atomic mass is 16.4. The quantitative estimate of drug-likeness (QED) is 0.533. The van der Waals surface area contributed by atoms with E-state index in [1.807, 2.05) is 0 Å². The maximum Gasteiger partial charge on any atom is 0.326 e. The van der Waals surface area contributed by atoms with Crippen LogP contribution in [0, 0.1) is 0 Å². The Labute approximate surface area is 120 Å². The van der Waals surface area contributed by atoms with Crippen molar-refractivity contribution in [2.45, 2.75) is 25.9 Å². The highest BCUT2D eigenvalue weighted by Gasteiger charge is 2.35. The molecule has 4 N–H and O–H groups in total. The molecule has 9 nitrogen and oxygen atoms in total. The lowest BCUT2D eigenvalue weighted by Gasteiger charge is -2.32. The van der Waals surface area contributed by atoms with Crippen molar-refractivity contribution in [3.05, 3.63) is 17.7 Å². The van der Waals surface area contributed by atoms with E-state index in [-0.39, 0.29) is 25.4 Å². The number of amides is 3. The molecule has 0 radical (unpaired) electrons. The summed E-state index contributed by atoms with van der Waals surface area (Å²) in [6.45, 7) is 2.07. The van der Waals surface area contributed by atoms with E-state index in [4.69, 9.17) is 0 Å². The second-order valence-electron chi connectivity index (χ2n) is 4.73. The first-order valence-electron chi connectivity index (χ1n) is 6.52. The van der Waals surface area contributed by atoms with E-state index in [2.05, 4.69) is 20.6 Å². The summed E-state index contributed by atoms with van der Waals surface area (Å²) in [7, 11) is 0. The molecular formula is C12H17N5O4. The summed E-state index contributed by atoms with van der Waals surface area (Å²) in [5.41, 5.74) is 1.41. The number of carboxylic acids is 1. The fourth-order valence-electron chi connectivity index (χ4n) is 2.18. The Morgan fingerprint density at radius 2 is 2.14 bits per heavy atom. The van der Waals surface area contributed by atoms with E-state index in [1.165, 1.54) is 18.2 Å². The highest BCUT2D eigenvalue weighted by molar-refractivity contribution is 5.83. The number of fused-ring (bicyclic) bond motifs is 1. The molecule has 2 heterocycles. The van der Waals surface area contributed by atoms with Crippen LogP contribution >= 0.6 is 0 Å². The number of hydrogen-bond acceptors (Lipinski definition) is 4. The van der Waals surface area contributed by atoms with Gasteiger partial charge in [0.25, 0.3) is 0 Å². The third-order valence-electron chi connectivity index (χ3n) is 3.22. The first-order chi connectivity index (χ1) is 9.99. The van der Waals surface area contributed by atoms with E-state index in [0.717, 1.165) is 5.69 Å². The predicted octanol–water partition coefficient (Wildman–Crippen LogP) is -0.933. The van der Waals surface area contributed by atoms with Crippen LogP contribution in [0.25, 0.3) is 0 Å². The first-order valence-corrected chi connectivity index (χ1v) is 6.52. The van der Waals surface area contributed by atoms with Crippen LogP contribution in [0.2, 0.25) is 0 Å². The lowest BCUT2D eigenvalue weighted by Crippen LogP contribution is -2.53. The number of aromatic amines is 1. The van der Waals surface area contributed by atoms with E-state index in [1.54, 1.807) is 0 Å². The number of urea groups is 1. The fourth-order valence-corrected chi connectivity index (χ4v) is 2.18. The summed E-state index contributed by atoms with van der Waals surface area (Å²) < 4.78 is 0. The number of carbonyl (C=O) groups excluding carboxylic acids is 2. The molecule has 0 aliphatic carbocycles. The summed E-state index contributed by atoms with van der Waals surface area (Å²) in [6.07, 6.45) is 1.66. The molecule has 0 fully saturated rings. The van der Waals surface area contributed by atoms with Gasteiger partial charge in [0.05, 0.1) is 24.3 Å². The molecule has 0 aromatic carbocycles. The molecule has 0 bridgehead atoms. The average Bonchev–Trinajstić information content (AvgIpc) is 2.88. The number of imidazole rings is 1. The van der Waals surface area contributed by atoms with Gasteiger partial charge in [-0.3, -0.25) is 4.79 Å². The van der Waals surface area contributed by atoms with Crippen molar-refractivity contribution in [3.8, 4) is 0 Å². The van der Waals surface area contributed by atoms with Crippen molar-refractivity contribution < 1.29 is 19.5 Å². The van der Waals surface area contributed by atoms with Crippen LogP contribution in [0.15, 0.2) is 6.33 Å². The number of rotatable bonds is 4. The Kier molecular flexibility index (Phi) is 4.41. The average molecular weight is 295 g/mol. The molecule has 2 rings (SSSR count). The summed E-state index contributed by atoms with van der Waals surface area (Å²) in [4.78, 5) is 42.3. The van der Waals surface area contributed by atoms with Gasteiger partial charge in [-0.15, -0.1) is 0 Å². The molecule has 1 unspecified atom stereocenters. The number of aliphatic carboxylic acids is 1. The first kappa shape index (κ1) is 14.8. The van der Waals surface area contributed by atoms with E-state index in [0.29, 0.717) is 12.2 Å². The largest absolute Gasteiger partial charge is 0.480 e. The molecular weight excluding hydrogens is 278 g/mol. The lowest BCUT2D eigenvalue weighted by atomic mass is 10.0. The Balaban J connectivity index is 1.97. The van der Waals surface area contributed by atoms with Crippen LogP contribution in [-0.2, 0) is 22.6 Å². The zero-order valence-electron chi connectivity index (χ0n) is 11.5. The number of nitrogens with one attached hydrogen (secondary N) is 3. The van der Waals surface area contributed by atoms with Crippen molar-refractivity contribution in [1.29, 1.82) is 0 Å². The zero-order chi connectivity index (χ0) is 15.4. The minimum absolute atomic E-state index is 0.165. The number of carbonyl (C=O) groups is 3. The lowest BCUT2D eigenvalue weighted by molar-refractivity contribution is -0.142. The molecule has 114 valence electrons. The Morgan fingerprint density at radius 3 is 2.81 bits per heavy atom. The second kappa shape index (κ2) is 6.25. The maximum atomic E-state index is 12.1. The minimum atomic E-state index is -1.07. The normalized spacial score (nSPS) is 17.0. The van der Waals surface area contributed by atoms with Crippen molar-refractivity contribution in [2.75, 3.05) is 13.1 Å². The SMILES string of the molecule is CC(=O)NCCNC(=O)N1Cc2[nH]cnc2CC1C(=O)O. The Morgan fingerprint density at radius 1 is 1.43 bits per heavy atom. The highest BCUT2D eigenvalue weighted by Crippen LogP contribution is 2.20. The predicted molar refractivity (Wildman–Crippen MR) is 71.3 cm³/mol. The van der Waals surface area contributed by atoms with Crippen LogP contribution in [0.5, 0.6) is 0 Å². The number of carboxylic acid groups (broad SMARTS) is 1. The van der Waals surface area contributed by atoms with Gasteiger partial charge in [0.1, 0.15) is 6.04 Å². The van der Waals surface area contributed by atoms with Gasteiger partial charge in [-0.1, -0.05) is 0 Å². The summed E-state index contributed by atoms with van der Waals surface area (Å²) in [5, 5.41) is 14.4. The molecule has 1 aromatic rings. The van der Waals surface area contributed by atoms with Gasteiger partial charge in [0, 0.05) is 26.4 Å². The summed E-state index contributed by atoms with van der Waals surface area (Å²) in [6, 6.07) is -1.42. The van der Waals surface area contributed by atoms with Crippen molar-refractivity contribution >= 4 is 17.9 Å². The van der Waals surface area contributed by atoms with Gasteiger partial charge in [-0.25, -0.2) is 14.6 Å². The monoisotopic (exact) mass is 295 g/mol. The van der Waals surface area contributed by atoms with Gasteiger partial charge < -0.3 is 25.6 Å². The zero-order valence-corrected chi connectivity index (χ0v) is 11.5. The minimum Gasteiger partial charge on any atom is -0.480 e. The topological polar surface area (TPSA) is 127 Å². The standard InChI is InChI=1S/C12H17N5O4/c1-7(18)13-2-3-14-12(21)17-5-9-8(15-6-16-9)4-10(17)11(19)20/h6,10H,2-5H2,1H3,(H,13,18)(H,14,21)(H,15,16)(H,19,20). The van der Waals surface area contributed by atoms with E-state index in [9.17, 15) is 19.5 Å². The Bertz CT molecular complexity index is 556. The van der Waals surface area contributed by atoms with Crippen molar-refractivity contribution in [2.24, 2.45) is 0 Å². The van der Waals surface area contributed by atoms with Crippen molar-refractivity contribution in [1.82, 2.24) is 25.5 Å². The van der Waals surface area contributed by atoms with Crippen LogP contribution in [0.3, 0.4) is 0 Å². The molecule has 0 saturated carbocycles. The van der Waals surface area contributed by atoms with Gasteiger partial charge in [0.2, 0.25) is 5.91 Å². The van der Waals surface area contributed by atoms with Gasteiger partial charge >= 0.3 is 12.0 Å². The second-order valence-corrected chi connectivity index (χ2v) is 4.73. The van der Waals surface area contributed by atoms with Gasteiger partial charge in [-0.05, 0) is 0 Å². The number of hydrogen-bond donors (Lipinski definition) is 4. The molecule has 0 saturated heterocycles. The van der Waals surface area contributed by atoms with Gasteiger partial charge in [0.15, 0.2) is 0 Å². The number of H-pyrrole nitrogens is 1. The smallest absolute Gasteiger partial charge is 0.326 e. The van der Waals surface area contributed by atoms with Crippen LogP contribution in [0.1, 0.15) is 18.3 Å². The molecule has 1 aliphatic heterocycles.